The zero-order valence-corrected chi connectivity index (χ0v) is 33.6. The summed E-state index contributed by atoms with van der Waals surface area (Å²) in [5.41, 5.74) is 12.9. The molecule has 10 aromatic carbocycles. The molecule has 0 N–H and O–H groups in total. The third kappa shape index (κ3) is 4.11. The highest BCUT2D eigenvalue weighted by Crippen LogP contribution is 2.53. The number of pyridine rings is 1. The highest BCUT2D eigenvalue weighted by Gasteiger charge is 2.37. The van der Waals surface area contributed by atoms with Gasteiger partial charge in [0, 0.05) is 49.0 Å². The molecule has 0 bridgehead atoms. The maximum atomic E-state index is 14.6. The van der Waals surface area contributed by atoms with Crippen LogP contribution in [0.4, 0.5) is 0 Å². The van der Waals surface area contributed by atoms with Crippen LogP contribution in [0.25, 0.3) is 120 Å². The molecule has 61 heavy (non-hydrogen) atoms. The number of fused-ring (bicyclic) bond motifs is 18. The van der Waals surface area contributed by atoms with Crippen LogP contribution < -0.4 is 5.56 Å². The number of rotatable bonds is 2. The number of aromatic nitrogens is 2. The highest BCUT2D eigenvalue weighted by molar-refractivity contribution is 6.29. The van der Waals surface area contributed by atoms with Gasteiger partial charge in [0.15, 0.2) is 0 Å². The van der Waals surface area contributed by atoms with Gasteiger partial charge in [0.2, 0.25) is 0 Å². The Morgan fingerprint density at radius 2 is 0.951 bits per heavy atom. The molecule has 1 aliphatic carbocycles. The van der Waals surface area contributed by atoms with Crippen molar-refractivity contribution in [2.24, 2.45) is 0 Å². The number of hydrogen-bond acceptors (Lipinski definition) is 1. The maximum Gasteiger partial charge on any atom is 0.263 e. The van der Waals surface area contributed by atoms with E-state index in [0.29, 0.717) is 0 Å². The van der Waals surface area contributed by atoms with E-state index in [0.717, 1.165) is 54.8 Å². The van der Waals surface area contributed by atoms with Crippen LogP contribution in [0.15, 0.2) is 187 Å². The first-order valence-corrected chi connectivity index (χ1v) is 21.2. The van der Waals surface area contributed by atoms with E-state index in [2.05, 4.69) is 182 Å². The summed E-state index contributed by atoms with van der Waals surface area (Å²) in [6, 6.07) is 66.4. The van der Waals surface area contributed by atoms with E-state index in [4.69, 9.17) is 0 Å². The summed E-state index contributed by atoms with van der Waals surface area (Å²) in [5, 5.41) is 14.8. The minimum absolute atomic E-state index is 0.0174. The van der Waals surface area contributed by atoms with Crippen molar-refractivity contribution < 1.29 is 0 Å². The molecule has 0 unspecified atom stereocenters. The monoisotopic (exact) mass is 776 g/mol. The van der Waals surface area contributed by atoms with Crippen LogP contribution in [0, 0.1) is 0 Å². The van der Waals surface area contributed by atoms with E-state index in [1.165, 1.54) is 76.4 Å². The Balaban J connectivity index is 1.17. The Morgan fingerprint density at radius 1 is 0.393 bits per heavy atom. The molecule has 0 saturated carbocycles. The van der Waals surface area contributed by atoms with Gasteiger partial charge in [-0.3, -0.25) is 9.20 Å². The smallest absolute Gasteiger partial charge is 0.263 e. The predicted molar refractivity (Wildman–Crippen MR) is 257 cm³/mol. The molecule has 3 heteroatoms. The molecule has 0 amide bonds. The SMILES string of the molecule is CC1(C)c2ccccc2-c2c1ccc1c3ccccc3n(-c3cc(-c4ccc5c6cccc7c8ccccc8c(=O)n(c5c4)c76)c4c5ccccc5c5ccccc5c4c3)c21. The van der Waals surface area contributed by atoms with Crippen LogP contribution in [-0.2, 0) is 5.41 Å². The van der Waals surface area contributed by atoms with E-state index in [1.54, 1.807) is 0 Å². The van der Waals surface area contributed by atoms with Crippen molar-refractivity contribution in [3.05, 3.63) is 203 Å². The fraction of sp³-hybridized carbons (Fsp3) is 0.0517. The lowest BCUT2D eigenvalue weighted by Gasteiger charge is -2.21. The fourth-order valence-electron chi connectivity index (χ4n) is 11.6. The third-order valence-corrected chi connectivity index (χ3v) is 14.2. The van der Waals surface area contributed by atoms with E-state index in [1.807, 2.05) is 22.6 Å². The standard InChI is InChI=1S/C58H36N2O/c1-58(2)49-24-11-9-21-46(49)54-50(58)29-28-44-39-18-10-12-25-51(39)59(56(44)54)34-31-47(53-41-19-7-5-15-36(41)35-14-3-4-16-37(35)48(53)32-34)33-26-27-40-43-23-13-22-42-38-17-6-8-20-45(38)57(61)60(55(42)43)52(40)30-33/h3-32H,1-2H3. The molecule has 13 aromatic rings. The summed E-state index contributed by atoms with van der Waals surface area (Å²) in [7, 11) is 0. The number of hydrogen-bond donors (Lipinski definition) is 0. The second kappa shape index (κ2) is 11.5. The van der Waals surface area contributed by atoms with Crippen LogP contribution in [0.2, 0.25) is 0 Å². The fourth-order valence-corrected chi connectivity index (χ4v) is 11.6. The quantitative estimate of drug-likeness (QED) is 0.161. The largest absolute Gasteiger partial charge is 0.309 e. The number of benzene rings is 10. The lowest BCUT2D eigenvalue weighted by Crippen LogP contribution is -2.14. The molecule has 0 fully saturated rings. The molecule has 1 aliphatic rings. The average Bonchev–Trinajstić information content (AvgIpc) is 3.91. The predicted octanol–water partition coefficient (Wildman–Crippen LogP) is 14.7. The molecule has 0 radical (unpaired) electrons. The van der Waals surface area contributed by atoms with Crippen LogP contribution in [0.3, 0.4) is 0 Å². The molecule has 0 atom stereocenters. The summed E-state index contributed by atoms with van der Waals surface area (Å²) >= 11 is 0. The molecule has 0 spiro atoms. The van der Waals surface area contributed by atoms with Crippen LogP contribution in [0.5, 0.6) is 0 Å². The minimum atomic E-state index is -0.140. The first kappa shape index (κ1) is 33.1. The molecule has 3 nitrogen and oxygen atoms in total. The summed E-state index contributed by atoms with van der Waals surface area (Å²) in [5.74, 6) is 0. The third-order valence-electron chi connectivity index (χ3n) is 14.2. The molecule has 14 rings (SSSR count). The second-order valence-electron chi connectivity index (χ2n) is 17.5. The second-order valence-corrected chi connectivity index (χ2v) is 17.5. The summed E-state index contributed by atoms with van der Waals surface area (Å²) < 4.78 is 4.51. The van der Waals surface area contributed by atoms with E-state index in [9.17, 15) is 4.79 Å². The maximum absolute atomic E-state index is 14.6. The zero-order chi connectivity index (χ0) is 40.3. The van der Waals surface area contributed by atoms with Crippen molar-refractivity contribution in [2.75, 3.05) is 0 Å². The van der Waals surface area contributed by atoms with Gasteiger partial charge < -0.3 is 4.57 Å². The van der Waals surface area contributed by atoms with E-state index >= 15 is 0 Å². The van der Waals surface area contributed by atoms with Gasteiger partial charge in [-0.15, -0.1) is 0 Å². The van der Waals surface area contributed by atoms with Gasteiger partial charge in [0.25, 0.3) is 5.56 Å². The lowest BCUT2D eigenvalue weighted by molar-refractivity contribution is 0.661. The molecule has 0 aliphatic heterocycles. The van der Waals surface area contributed by atoms with Gasteiger partial charge in [0.1, 0.15) is 0 Å². The first-order chi connectivity index (χ1) is 30.0. The normalized spacial score (nSPS) is 13.6. The molecular formula is C58H36N2O. The Morgan fingerprint density at radius 3 is 1.74 bits per heavy atom. The van der Waals surface area contributed by atoms with Crippen molar-refractivity contribution in [3.63, 3.8) is 0 Å². The van der Waals surface area contributed by atoms with Crippen LogP contribution in [-0.4, -0.2) is 8.97 Å². The van der Waals surface area contributed by atoms with Crippen molar-refractivity contribution in [2.45, 2.75) is 19.3 Å². The van der Waals surface area contributed by atoms with Crippen LogP contribution in [0.1, 0.15) is 25.0 Å². The molecule has 284 valence electrons. The van der Waals surface area contributed by atoms with Gasteiger partial charge in [-0.25, -0.2) is 0 Å². The molecular weight excluding hydrogens is 741 g/mol. The number of para-hydroxylation sites is 2. The Hall–Kier alpha value is -7.75. The highest BCUT2D eigenvalue weighted by atomic mass is 16.1. The first-order valence-electron chi connectivity index (χ1n) is 21.2. The van der Waals surface area contributed by atoms with Gasteiger partial charge in [0.05, 0.1) is 22.1 Å². The minimum Gasteiger partial charge on any atom is -0.309 e. The summed E-state index contributed by atoms with van der Waals surface area (Å²) in [4.78, 5) is 14.6. The molecule has 0 saturated heterocycles. The Kier molecular flexibility index (Phi) is 6.24. The molecule has 3 aromatic heterocycles. The topological polar surface area (TPSA) is 26.4 Å². The van der Waals surface area contributed by atoms with Crippen molar-refractivity contribution >= 4 is 92.1 Å². The average molecular weight is 777 g/mol. The van der Waals surface area contributed by atoms with Gasteiger partial charge in [-0.2, -0.15) is 0 Å². The van der Waals surface area contributed by atoms with Crippen molar-refractivity contribution in [3.8, 4) is 27.9 Å². The number of nitrogens with zero attached hydrogens (tertiary/aromatic N) is 2. The van der Waals surface area contributed by atoms with Gasteiger partial charge in [-0.1, -0.05) is 166 Å². The van der Waals surface area contributed by atoms with E-state index < -0.39 is 0 Å². The van der Waals surface area contributed by atoms with Gasteiger partial charge in [-0.05, 0) is 95.9 Å². The summed E-state index contributed by atoms with van der Waals surface area (Å²) in [6.45, 7) is 4.73. The van der Waals surface area contributed by atoms with Crippen molar-refractivity contribution in [1.29, 1.82) is 0 Å². The van der Waals surface area contributed by atoms with Crippen LogP contribution >= 0.6 is 0 Å². The Labute approximate surface area is 350 Å². The summed E-state index contributed by atoms with van der Waals surface area (Å²) in [6.07, 6.45) is 0. The molecule has 3 heterocycles. The lowest BCUT2D eigenvalue weighted by atomic mass is 9.82. The van der Waals surface area contributed by atoms with Crippen molar-refractivity contribution in [1.82, 2.24) is 8.97 Å². The van der Waals surface area contributed by atoms with Gasteiger partial charge >= 0.3 is 0 Å². The zero-order valence-electron chi connectivity index (χ0n) is 33.6. The van der Waals surface area contributed by atoms with E-state index in [-0.39, 0.29) is 11.0 Å². The Bertz CT molecular complexity index is 4160.